The van der Waals surface area contributed by atoms with Gasteiger partial charge in [-0.05, 0) is 17.7 Å². The van der Waals surface area contributed by atoms with Crippen LogP contribution in [-0.2, 0) is 12.1 Å². The molecule has 0 unspecified atom stereocenters. The van der Waals surface area contributed by atoms with Gasteiger partial charge in [0.05, 0.1) is 11.9 Å². The standard InChI is InChI=1S/C13H8ClF6N5O/c14-13(19,20)11-23-22-9-1-2-24(6-25(9)11)7-3-8(15)10(21-4-7)26-5-12(16,17)18/h1-4H,5-6H2. The summed E-state index contributed by atoms with van der Waals surface area (Å²) in [5, 5.41) is 3.10. The number of aromatic nitrogens is 4. The first-order chi connectivity index (χ1) is 12.0. The zero-order valence-corrected chi connectivity index (χ0v) is 13.3. The number of anilines is 1. The largest absolute Gasteiger partial charge is 0.466 e. The van der Waals surface area contributed by atoms with Crippen molar-refractivity contribution in [3.05, 3.63) is 35.9 Å². The van der Waals surface area contributed by atoms with Gasteiger partial charge in [0.15, 0.2) is 18.2 Å². The lowest BCUT2D eigenvalue weighted by Crippen LogP contribution is -2.28. The van der Waals surface area contributed by atoms with Crippen LogP contribution in [0.15, 0.2) is 18.5 Å². The average Bonchev–Trinajstić information content (AvgIpc) is 2.96. The number of halogens is 7. The molecule has 140 valence electrons. The van der Waals surface area contributed by atoms with Gasteiger partial charge in [0.25, 0.3) is 5.88 Å². The van der Waals surface area contributed by atoms with Crippen LogP contribution in [0.25, 0.3) is 6.08 Å². The molecule has 1 aliphatic rings. The third-order valence-electron chi connectivity index (χ3n) is 3.23. The molecular weight excluding hydrogens is 392 g/mol. The first-order valence-electron chi connectivity index (χ1n) is 6.85. The Balaban J connectivity index is 1.81. The highest BCUT2D eigenvalue weighted by atomic mass is 35.5. The van der Waals surface area contributed by atoms with Gasteiger partial charge < -0.3 is 9.64 Å². The van der Waals surface area contributed by atoms with E-state index in [9.17, 15) is 26.3 Å². The molecule has 1 aliphatic heterocycles. The second-order valence-corrected chi connectivity index (χ2v) is 5.59. The third-order valence-corrected chi connectivity index (χ3v) is 3.40. The van der Waals surface area contributed by atoms with Gasteiger partial charge in [0.1, 0.15) is 6.67 Å². The number of rotatable bonds is 4. The summed E-state index contributed by atoms with van der Waals surface area (Å²) in [6.45, 7) is -1.93. The van der Waals surface area contributed by atoms with E-state index in [-0.39, 0.29) is 18.2 Å². The van der Waals surface area contributed by atoms with E-state index in [2.05, 4.69) is 19.9 Å². The minimum absolute atomic E-state index is 0.0845. The molecule has 13 heteroatoms. The molecule has 0 saturated carbocycles. The van der Waals surface area contributed by atoms with Crippen molar-refractivity contribution in [1.82, 2.24) is 19.7 Å². The van der Waals surface area contributed by atoms with Crippen molar-refractivity contribution < 1.29 is 31.1 Å². The van der Waals surface area contributed by atoms with Crippen LogP contribution in [0.4, 0.5) is 32.0 Å². The Morgan fingerprint density at radius 3 is 2.54 bits per heavy atom. The van der Waals surface area contributed by atoms with Crippen molar-refractivity contribution in [2.75, 3.05) is 11.5 Å². The monoisotopic (exact) mass is 399 g/mol. The predicted octanol–water partition coefficient (Wildman–Crippen LogP) is 3.49. The maximum Gasteiger partial charge on any atom is 0.422 e. The zero-order chi connectivity index (χ0) is 19.1. The topological polar surface area (TPSA) is 56.1 Å². The second kappa shape index (κ2) is 6.34. The Hall–Kier alpha value is -2.50. The SMILES string of the molecule is Fc1cc(N2C=Cc3nnc(C(F)(F)Cl)n3C2)cnc1OCC(F)(F)F. The minimum Gasteiger partial charge on any atom is -0.466 e. The Morgan fingerprint density at radius 2 is 1.92 bits per heavy atom. The number of nitrogens with zero attached hydrogens (tertiary/aromatic N) is 5. The quantitative estimate of drug-likeness (QED) is 0.582. The molecule has 0 radical (unpaired) electrons. The fraction of sp³-hybridized carbons (Fsp3) is 0.308. The van der Waals surface area contributed by atoms with Crippen molar-refractivity contribution in [2.45, 2.75) is 18.2 Å². The van der Waals surface area contributed by atoms with E-state index in [0.717, 1.165) is 16.8 Å². The Morgan fingerprint density at radius 1 is 1.19 bits per heavy atom. The molecule has 6 nitrogen and oxygen atoms in total. The van der Waals surface area contributed by atoms with Gasteiger partial charge in [-0.1, -0.05) is 0 Å². The van der Waals surface area contributed by atoms with Gasteiger partial charge in [0.2, 0.25) is 5.82 Å². The molecule has 0 aromatic carbocycles. The number of pyridine rings is 1. The molecule has 0 spiro atoms. The minimum atomic E-state index is -4.64. The highest BCUT2D eigenvalue weighted by Crippen LogP contribution is 2.33. The van der Waals surface area contributed by atoms with Crippen molar-refractivity contribution in [3.63, 3.8) is 0 Å². The number of hydrogen-bond acceptors (Lipinski definition) is 5. The molecule has 0 aliphatic carbocycles. The average molecular weight is 400 g/mol. The summed E-state index contributed by atoms with van der Waals surface area (Å²) in [5.74, 6) is -2.67. The van der Waals surface area contributed by atoms with E-state index in [4.69, 9.17) is 11.6 Å². The highest BCUT2D eigenvalue weighted by Gasteiger charge is 2.36. The molecule has 2 aromatic rings. The van der Waals surface area contributed by atoms with Crippen LogP contribution in [0.1, 0.15) is 11.6 Å². The van der Waals surface area contributed by atoms with Crippen LogP contribution in [0.5, 0.6) is 5.88 Å². The van der Waals surface area contributed by atoms with Gasteiger partial charge in [-0.15, -0.1) is 10.2 Å². The van der Waals surface area contributed by atoms with Crippen molar-refractivity contribution in [1.29, 1.82) is 0 Å². The van der Waals surface area contributed by atoms with Crippen LogP contribution >= 0.6 is 11.6 Å². The summed E-state index contributed by atoms with van der Waals surface area (Å²) in [4.78, 5) is 4.78. The second-order valence-electron chi connectivity index (χ2n) is 5.12. The summed E-state index contributed by atoms with van der Waals surface area (Å²) in [6, 6.07) is 0.858. The summed E-state index contributed by atoms with van der Waals surface area (Å²) >= 11 is 4.97. The van der Waals surface area contributed by atoms with Crippen molar-refractivity contribution in [2.24, 2.45) is 0 Å². The van der Waals surface area contributed by atoms with Crippen LogP contribution in [0.2, 0.25) is 0 Å². The molecule has 2 aromatic heterocycles. The molecule has 3 rings (SSSR count). The van der Waals surface area contributed by atoms with Gasteiger partial charge in [-0.3, -0.25) is 4.57 Å². The summed E-state index contributed by atoms with van der Waals surface area (Å²) < 4.78 is 82.1. The van der Waals surface area contributed by atoms with Crippen LogP contribution < -0.4 is 9.64 Å². The van der Waals surface area contributed by atoms with Crippen LogP contribution in [-0.4, -0.2) is 32.5 Å². The molecule has 0 amide bonds. The van der Waals surface area contributed by atoms with Crippen LogP contribution in [0, 0.1) is 5.82 Å². The summed E-state index contributed by atoms with van der Waals surface area (Å²) in [5.41, 5.74) is 0.0845. The van der Waals surface area contributed by atoms with Gasteiger partial charge in [-0.2, -0.15) is 22.0 Å². The lowest BCUT2D eigenvalue weighted by molar-refractivity contribution is -0.154. The summed E-state index contributed by atoms with van der Waals surface area (Å²) in [7, 11) is 0. The fourth-order valence-corrected chi connectivity index (χ4v) is 2.28. The number of hydrogen-bond donors (Lipinski definition) is 0. The van der Waals surface area contributed by atoms with E-state index < -0.39 is 35.7 Å². The van der Waals surface area contributed by atoms with E-state index in [1.165, 1.54) is 17.2 Å². The lowest BCUT2D eigenvalue weighted by Gasteiger charge is -2.26. The maximum atomic E-state index is 13.9. The first kappa shape index (κ1) is 18.3. The molecule has 3 heterocycles. The van der Waals surface area contributed by atoms with E-state index in [1.54, 1.807) is 0 Å². The summed E-state index contributed by atoms with van der Waals surface area (Å²) in [6.07, 6.45) is -0.884. The van der Waals surface area contributed by atoms with Crippen LogP contribution in [0.3, 0.4) is 0 Å². The fourth-order valence-electron chi connectivity index (χ4n) is 2.14. The zero-order valence-electron chi connectivity index (χ0n) is 12.5. The van der Waals surface area contributed by atoms with Gasteiger partial charge >= 0.3 is 11.6 Å². The molecule has 26 heavy (non-hydrogen) atoms. The van der Waals surface area contributed by atoms with E-state index >= 15 is 0 Å². The normalized spacial score (nSPS) is 14.5. The Bertz CT molecular complexity index is 847. The number of alkyl halides is 6. The van der Waals surface area contributed by atoms with Gasteiger partial charge in [0, 0.05) is 12.3 Å². The lowest BCUT2D eigenvalue weighted by atomic mass is 10.3. The number of fused-ring (bicyclic) bond motifs is 1. The molecule has 0 saturated heterocycles. The van der Waals surface area contributed by atoms with Crippen molar-refractivity contribution in [3.8, 4) is 5.88 Å². The molecule has 0 fully saturated rings. The molecule has 0 N–H and O–H groups in total. The Kier molecular flexibility index (Phi) is 4.46. The number of ether oxygens (including phenoxy) is 1. The maximum absolute atomic E-state index is 13.9. The first-order valence-corrected chi connectivity index (χ1v) is 7.23. The van der Waals surface area contributed by atoms with Crippen molar-refractivity contribution >= 4 is 23.4 Å². The predicted molar refractivity (Wildman–Crippen MR) is 77.0 cm³/mol. The Labute approximate surface area is 146 Å². The van der Waals surface area contributed by atoms with E-state index in [0.29, 0.717) is 0 Å². The molecule has 0 bridgehead atoms. The smallest absolute Gasteiger partial charge is 0.422 e. The van der Waals surface area contributed by atoms with E-state index in [1.807, 2.05) is 0 Å². The highest BCUT2D eigenvalue weighted by molar-refractivity contribution is 6.21. The van der Waals surface area contributed by atoms with Gasteiger partial charge in [-0.25, -0.2) is 9.37 Å². The molecule has 0 atom stereocenters. The molecular formula is C13H8ClF6N5O. The third kappa shape index (κ3) is 3.84.